The van der Waals surface area contributed by atoms with Gasteiger partial charge in [-0.2, -0.15) is 5.10 Å². The lowest BCUT2D eigenvalue weighted by Crippen LogP contribution is -2.20. The highest BCUT2D eigenvalue weighted by Gasteiger charge is 2.09. The van der Waals surface area contributed by atoms with Crippen LogP contribution in [0.3, 0.4) is 0 Å². The van der Waals surface area contributed by atoms with E-state index in [1.807, 2.05) is 31.3 Å². The highest BCUT2D eigenvalue weighted by atomic mass is 35.5. The smallest absolute Gasteiger partial charge is 0.140 e. The molecule has 0 saturated heterocycles. The minimum Gasteiger partial charge on any atom is -0.303 e. The third-order valence-corrected chi connectivity index (χ3v) is 3.09. The van der Waals surface area contributed by atoms with E-state index in [0.29, 0.717) is 6.54 Å². The highest BCUT2D eigenvalue weighted by molar-refractivity contribution is 6.31. The fourth-order valence-electron chi connectivity index (χ4n) is 1.66. The molecule has 1 aromatic heterocycles. The minimum absolute atomic E-state index is 0.181. The first kappa shape index (κ1) is 12.1. The molecule has 0 radical (unpaired) electrons. The largest absolute Gasteiger partial charge is 0.303 e. The van der Waals surface area contributed by atoms with Crippen LogP contribution in [-0.2, 0) is 13.6 Å². The van der Waals surface area contributed by atoms with E-state index in [-0.39, 0.29) is 6.04 Å². The monoisotopic (exact) mass is 250 g/mol. The predicted molar refractivity (Wildman–Crippen MR) is 67.7 cm³/mol. The van der Waals surface area contributed by atoms with E-state index in [9.17, 15) is 0 Å². The average molecular weight is 251 g/mol. The Balaban J connectivity index is 2.01. The molecule has 1 heterocycles. The van der Waals surface area contributed by atoms with Crippen molar-refractivity contribution in [2.45, 2.75) is 19.5 Å². The van der Waals surface area contributed by atoms with Gasteiger partial charge in [0, 0.05) is 18.1 Å². The number of rotatable bonds is 4. The van der Waals surface area contributed by atoms with Gasteiger partial charge in [-0.3, -0.25) is 4.68 Å². The summed E-state index contributed by atoms with van der Waals surface area (Å²) in [5, 5.41) is 8.18. The first-order valence-corrected chi connectivity index (χ1v) is 5.87. The van der Waals surface area contributed by atoms with E-state index in [1.165, 1.54) is 0 Å². The van der Waals surface area contributed by atoms with E-state index in [1.54, 1.807) is 11.0 Å². The minimum atomic E-state index is 0.181. The van der Waals surface area contributed by atoms with Crippen LogP contribution in [0.2, 0.25) is 5.02 Å². The Morgan fingerprint density at radius 2 is 2.18 bits per heavy atom. The van der Waals surface area contributed by atoms with Crippen molar-refractivity contribution in [2.24, 2.45) is 7.05 Å². The molecule has 1 aromatic carbocycles. The molecule has 2 rings (SSSR count). The zero-order valence-corrected chi connectivity index (χ0v) is 10.6. The van der Waals surface area contributed by atoms with Crippen molar-refractivity contribution in [1.82, 2.24) is 20.1 Å². The van der Waals surface area contributed by atoms with Crippen LogP contribution in [0.5, 0.6) is 0 Å². The number of halogens is 1. The molecule has 0 aliphatic heterocycles. The van der Waals surface area contributed by atoms with Crippen LogP contribution in [0, 0.1) is 0 Å². The number of nitrogens with one attached hydrogen (secondary N) is 1. The molecule has 1 N–H and O–H groups in total. The summed E-state index contributed by atoms with van der Waals surface area (Å²) in [5.41, 5.74) is 1.09. The van der Waals surface area contributed by atoms with Crippen molar-refractivity contribution in [2.75, 3.05) is 0 Å². The molecule has 0 aliphatic carbocycles. The second-order valence-corrected chi connectivity index (χ2v) is 4.33. The van der Waals surface area contributed by atoms with Crippen LogP contribution in [-0.4, -0.2) is 14.8 Å². The second kappa shape index (κ2) is 5.29. The summed E-state index contributed by atoms with van der Waals surface area (Å²) in [6, 6.07) is 8.03. The quantitative estimate of drug-likeness (QED) is 0.906. The van der Waals surface area contributed by atoms with Crippen LogP contribution in [0.25, 0.3) is 0 Å². The van der Waals surface area contributed by atoms with Crippen molar-refractivity contribution < 1.29 is 0 Å². The molecule has 0 bridgehead atoms. The molecule has 2 aromatic rings. The van der Waals surface area contributed by atoms with Crippen molar-refractivity contribution in [1.29, 1.82) is 0 Å². The van der Waals surface area contributed by atoms with E-state index in [4.69, 9.17) is 11.6 Å². The van der Waals surface area contributed by atoms with Gasteiger partial charge in [-0.15, -0.1) is 0 Å². The van der Waals surface area contributed by atoms with Gasteiger partial charge in [0.15, 0.2) is 0 Å². The fraction of sp³-hybridized carbons (Fsp3) is 0.333. The maximum absolute atomic E-state index is 6.14. The van der Waals surface area contributed by atoms with Gasteiger partial charge in [0.2, 0.25) is 0 Å². The Labute approximate surface area is 106 Å². The zero-order chi connectivity index (χ0) is 12.3. The van der Waals surface area contributed by atoms with E-state index in [2.05, 4.69) is 22.3 Å². The molecule has 90 valence electrons. The summed E-state index contributed by atoms with van der Waals surface area (Å²) < 4.78 is 1.76. The fourth-order valence-corrected chi connectivity index (χ4v) is 1.96. The number of benzene rings is 1. The maximum Gasteiger partial charge on any atom is 0.140 e. The van der Waals surface area contributed by atoms with Gasteiger partial charge in [0.05, 0.1) is 6.54 Å². The zero-order valence-electron chi connectivity index (χ0n) is 9.89. The van der Waals surface area contributed by atoms with Gasteiger partial charge in [-0.1, -0.05) is 29.8 Å². The van der Waals surface area contributed by atoms with Crippen LogP contribution < -0.4 is 5.32 Å². The Morgan fingerprint density at radius 3 is 2.82 bits per heavy atom. The van der Waals surface area contributed by atoms with E-state index in [0.717, 1.165) is 16.4 Å². The molecule has 1 atom stereocenters. The Kier molecular flexibility index (Phi) is 3.76. The van der Waals surface area contributed by atoms with Gasteiger partial charge in [0.1, 0.15) is 12.2 Å². The summed E-state index contributed by atoms with van der Waals surface area (Å²) in [4.78, 5) is 4.16. The molecule has 1 unspecified atom stereocenters. The van der Waals surface area contributed by atoms with Gasteiger partial charge in [-0.25, -0.2) is 4.98 Å². The van der Waals surface area contributed by atoms with Crippen molar-refractivity contribution in [3.05, 3.63) is 47.0 Å². The number of aromatic nitrogens is 3. The van der Waals surface area contributed by atoms with Gasteiger partial charge in [-0.05, 0) is 18.6 Å². The molecule has 5 heteroatoms. The van der Waals surface area contributed by atoms with E-state index >= 15 is 0 Å². The van der Waals surface area contributed by atoms with E-state index < -0.39 is 0 Å². The number of nitrogens with zero attached hydrogens (tertiary/aromatic N) is 3. The summed E-state index contributed by atoms with van der Waals surface area (Å²) in [6.45, 7) is 2.75. The van der Waals surface area contributed by atoms with Gasteiger partial charge < -0.3 is 5.32 Å². The maximum atomic E-state index is 6.14. The van der Waals surface area contributed by atoms with Crippen LogP contribution in [0.4, 0.5) is 0 Å². The Bertz CT molecular complexity index is 495. The molecule has 0 saturated carbocycles. The first-order valence-electron chi connectivity index (χ1n) is 5.49. The highest BCUT2D eigenvalue weighted by Crippen LogP contribution is 2.22. The standard InChI is InChI=1S/C12H15ClN4/c1-9(10-5-3-4-6-11(10)13)14-7-12-15-8-16-17(12)2/h3-6,8-9,14H,7H2,1-2H3. The molecule has 0 spiro atoms. The van der Waals surface area contributed by atoms with Gasteiger partial charge in [0.25, 0.3) is 0 Å². The number of hydrogen-bond acceptors (Lipinski definition) is 3. The molecule has 0 aliphatic rings. The number of aryl methyl sites for hydroxylation is 1. The van der Waals surface area contributed by atoms with Crippen LogP contribution in [0.15, 0.2) is 30.6 Å². The third-order valence-electron chi connectivity index (χ3n) is 2.74. The summed E-state index contributed by atoms with van der Waals surface area (Å²) >= 11 is 6.14. The summed E-state index contributed by atoms with van der Waals surface area (Å²) in [5.74, 6) is 0.906. The van der Waals surface area contributed by atoms with Crippen molar-refractivity contribution >= 4 is 11.6 Å². The normalized spacial score (nSPS) is 12.6. The Morgan fingerprint density at radius 1 is 1.41 bits per heavy atom. The lowest BCUT2D eigenvalue weighted by Gasteiger charge is -2.15. The molecule has 17 heavy (non-hydrogen) atoms. The van der Waals surface area contributed by atoms with Crippen LogP contribution in [0.1, 0.15) is 24.4 Å². The molecule has 0 amide bonds. The summed E-state index contributed by atoms with van der Waals surface area (Å²) in [7, 11) is 1.88. The average Bonchev–Trinajstić information content (AvgIpc) is 2.72. The molecular formula is C12H15ClN4. The second-order valence-electron chi connectivity index (χ2n) is 3.92. The van der Waals surface area contributed by atoms with Crippen molar-refractivity contribution in [3.8, 4) is 0 Å². The van der Waals surface area contributed by atoms with Gasteiger partial charge >= 0.3 is 0 Å². The molecule has 4 nitrogen and oxygen atoms in total. The SMILES string of the molecule is CC(NCc1ncnn1C)c1ccccc1Cl. The number of hydrogen-bond donors (Lipinski definition) is 1. The topological polar surface area (TPSA) is 42.7 Å². The molecule has 0 fully saturated rings. The Hall–Kier alpha value is -1.39. The molecular weight excluding hydrogens is 236 g/mol. The van der Waals surface area contributed by atoms with Crippen LogP contribution >= 0.6 is 11.6 Å². The van der Waals surface area contributed by atoms with Crippen molar-refractivity contribution in [3.63, 3.8) is 0 Å². The lowest BCUT2D eigenvalue weighted by atomic mass is 10.1. The lowest BCUT2D eigenvalue weighted by molar-refractivity contribution is 0.540. The predicted octanol–water partition coefficient (Wildman–Crippen LogP) is 2.32. The first-order chi connectivity index (χ1) is 8.18. The third kappa shape index (κ3) is 2.84. The summed E-state index contributed by atoms with van der Waals surface area (Å²) in [6.07, 6.45) is 1.55.